The number of carboxylic acids is 1. The minimum Gasteiger partial charge on any atom is -0.486 e. The fourth-order valence-electron chi connectivity index (χ4n) is 3.26. The second-order valence-electron chi connectivity index (χ2n) is 5.69. The first-order chi connectivity index (χ1) is 11.1. The number of hydrogen-bond donors (Lipinski definition) is 2. The monoisotopic (exact) mass is 317 g/mol. The number of benzene rings is 1. The lowest BCUT2D eigenvalue weighted by Crippen LogP contribution is -2.39. The quantitative estimate of drug-likeness (QED) is 0.809. The molecule has 2 N–H and O–H groups in total. The first-order valence-corrected chi connectivity index (χ1v) is 7.40. The van der Waals surface area contributed by atoms with Crippen molar-refractivity contribution in [1.29, 1.82) is 0 Å². The van der Waals surface area contributed by atoms with Gasteiger partial charge in [-0.1, -0.05) is 12.2 Å². The summed E-state index contributed by atoms with van der Waals surface area (Å²) >= 11 is 0. The lowest BCUT2D eigenvalue weighted by molar-refractivity contribution is -0.145. The Labute approximate surface area is 131 Å². The fourth-order valence-corrected chi connectivity index (χ4v) is 3.26. The zero-order valence-electron chi connectivity index (χ0n) is 12.1. The maximum absolute atomic E-state index is 12.5. The molecule has 0 unspecified atom stereocenters. The maximum atomic E-state index is 12.5. The Kier molecular flexibility index (Phi) is 3.23. The lowest BCUT2D eigenvalue weighted by Gasteiger charge is -2.22. The third-order valence-corrected chi connectivity index (χ3v) is 4.30. The summed E-state index contributed by atoms with van der Waals surface area (Å²) in [6, 6.07) is 5.09. The molecule has 0 radical (unpaired) electrons. The van der Waals surface area contributed by atoms with E-state index in [-0.39, 0.29) is 5.91 Å². The van der Waals surface area contributed by atoms with Crippen LogP contribution in [0.15, 0.2) is 30.4 Å². The highest BCUT2D eigenvalue weighted by atomic mass is 16.6. The third-order valence-electron chi connectivity index (χ3n) is 4.30. The Hall–Kier alpha value is -2.54. The molecule has 4 rings (SSSR count). The van der Waals surface area contributed by atoms with Crippen molar-refractivity contribution in [2.24, 2.45) is 11.8 Å². The molecule has 0 aromatic heterocycles. The molecule has 7 heteroatoms. The minimum atomic E-state index is -1.02. The van der Waals surface area contributed by atoms with Gasteiger partial charge in [-0.25, -0.2) is 0 Å². The number of fused-ring (bicyclic) bond motifs is 3. The Balaban J connectivity index is 1.54. The van der Waals surface area contributed by atoms with Crippen LogP contribution in [0.3, 0.4) is 0 Å². The van der Waals surface area contributed by atoms with E-state index in [2.05, 4.69) is 5.32 Å². The highest BCUT2D eigenvalue weighted by Crippen LogP contribution is 2.40. The molecule has 23 heavy (non-hydrogen) atoms. The van der Waals surface area contributed by atoms with E-state index in [4.69, 9.17) is 14.2 Å². The van der Waals surface area contributed by atoms with Gasteiger partial charge in [0.05, 0.1) is 18.1 Å². The van der Waals surface area contributed by atoms with Gasteiger partial charge in [0.1, 0.15) is 19.1 Å². The summed E-state index contributed by atoms with van der Waals surface area (Å²) in [4.78, 5) is 23.9. The van der Waals surface area contributed by atoms with Crippen LogP contribution in [0.4, 0.5) is 5.69 Å². The van der Waals surface area contributed by atoms with Gasteiger partial charge in [-0.15, -0.1) is 0 Å². The van der Waals surface area contributed by atoms with Gasteiger partial charge >= 0.3 is 5.97 Å². The largest absolute Gasteiger partial charge is 0.486 e. The van der Waals surface area contributed by atoms with Crippen LogP contribution in [0.1, 0.15) is 0 Å². The second-order valence-corrected chi connectivity index (χ2v) is 5.69. The first kappa shape index (κ1) is 14.1. The molecule has 120 valence electrons. The molecule has 2 bridgehead atoms. The second kappa shape index (κ2) is 5.27. The van der Waals surface area contributed by atoms with Crippen molar-refractivity contribution in [1.82, 2.24) is 0 Å². The smallest absolute Gasteiger partial charge is 0.310 e. The number of aliphatic carboxylic acids is 1. The standard InChI is InChI=1S/C16H15NO6/c18-15(13-10-3-4-11(23-10)14(13)16(19)20)17-8-1-2-9-12(7-8)22-6-5-21-9/h1-4,7,10-11,13-14H,5-6H2,(H,17,18)(H,19,20)/t10-,11+,13+,14-/m0/s1. The van der Waals surface area contributed by atoms with E-state index in [0.29, 0.717) is 30.4 Å². The predicted molar refractivity (Wildman–Crippen MR) is 78.5 cm³/mol. The highest BCUT2D eigenvalue weighted by molar-refractivity contribution is 5.96. The van der Waals surface area contributed by atoms with Gasteiger partial charge in [0.15, 0.2) is 11.5 Å². The van der Waals surface area contributed by atoms with Crippen LogP contribution in [0.25, 0.3) is 0 Å². The Bertz CT molecular complexity index is 700. The number of amides is 1. The molecule has 3 aliphatic heterocycles. The molecule has 0 aliphatic carbocycles. The van der Waals surface area contributed by atoms with Crippen molar-refractivity contribution in [3.05, 3.63) is 30.4 Å². The molecule has 3 heterocycles. The summed E-state index contributed by atoms with van der Waals surface area (Å²) in [5.74, 6) is -1.80. The Morgan fingerprint density at radius 2 is 1.74 bits per heavy atom. The molecule has 1 fully saturated rings. The van der Waals surface area contributed by atoms with Crippen LogP contribution in [-0.2, 0) is 14.3 Å². The van der Waals surface area contributed by atoms with Crippen molar-refractivity contribution < 1.29 is 28.9 Å². The van der Waals surface area contributed by atoms with Crippen molar-refractivity contribution in [2.45, 2.75) is 12.2 Å². The van der Waals surface area contributed by atoms with E-state index in [1.54, 1.807) is 30.4 Å². The van der Waals surface area contributed by atoms with Crippen molar-refractivity contribution in [3.63, 3.8) is 0 Å². The minimum absolute atomic E-state index is 0.370. The molecule has 1 amide bonds. The summed E-state index contributed by atoms with van der Waals surface area (Å²) in [5, 5.41) is 12.1. The number of ether oxygens (including phenoxy) is 3. The van der Waals surface area contributed by atoms with Gasteiger partial charge in [-0.2, -0.15) is 0 Å². The summed E-state index contributed by atoms with van der Waals surface area (Å²) in [5.41, 5.74) is 0.537. The summed E-state index contributed by atoms with van der Waals surface area (Å²) < 4.78 is 16.4. The molecular weight excluding hydrogens is 302 g/mol. The van der Waals surface area contributed by atoms with Crippen LogP contribution in [-0.4, -0.2) is 42.4 Å². The predicted octanol–water partition coefficient (Wildman–Crippen LogP) is 1.05. The van der Waals surface area contributed by atoms with E-state index in [0.717, 1.165) is 0 Å². The van der Waals surface area contributed by atoms with Gasteiger partial charge in [-0.05, 0) is 12.1 Å². The van der Waals surface area contributed by atoms with Crippen LogP contribution in [0.5, 0.6) is 11.5 Å². The number of carbonyl (C=O) groups excluding carboxylic acids is 1. The van der Waals surface area contributed by atoms with Crippen LogP contribution in [0, 0.1) is 11.8 Å². The van der Waals surface area contributed by atoms with Crippen LogP contribution in [0.2, 0.25) is 0 Å². The molecule has 4 atom stereocenters. The zero-order chi connectivity index (χ0) is 16.0. The van der Waals surface area contributed by atoms with Gasteiger partial charge in [0.2, 0.25) is 5.91 Å². The number of nitrogens with one attached hydrogen (secondary N) is 1. The Morgan fingerprint density at radius 3 is 2.48 bits per heavy atom. The van der Waals surface area contributed by atoms with E-state index < -0.39 is 30.0 Å². The molecule has 1 aromatic carbocycles. The maximum Gasteiger partial charge on any atom is 0.310 e. The summed E-state index contributed by atoms with van der Waals surface area (Å²) in [6.07, 6.45) is 2.43. The van der Waals surface area contributed by atoms with E-state index >= 15 is 0 Å². The van der Waals surface area contributed by atoms with Gasteiger partial charge < -0.3 is 24.6 Å². The normalized spacial score (nSPS) is 30.3. The topological polar surface area (TPSA) is 94.1 Å². The molecule has 3 aliphatic rings. The Morgan fingerprint density at radius 1 is 1.04 bits per heavy atom. The molecule has 0 spiro atoms. The molecular formula is C16H15NO6. The molecule has 0 saturated carbocycles. The molecule has 1 saturated heterocycles. The van der Waals surface area contributed by atoms with Crippen molar-refractivity contribution >= 4 is 17.6 Å². The van der Waals surface area contributed by atoms with E-state index in [1.807, 2.05) is 0 Å². The van der Waals surface area contributed by atoms with E-state index in [9.17, 15) is 14.7 Å². The number of carboxylic acid groups (broad SMARTS) is 1. The SMILES string of the molecule is O=C(O)[C@@H]1[C@H](C(=O)Nc2ccc3c(c2)OCCO3)[C@@H]2C=C[C@H]1O2. The van der Waals surface area contributed by atoms with Gasteiger partial charge in [-0.3, -0.25) is 9.59 Å². The average Bonchev–Trinajstić information content (AvgIpc) is 3.15. The van der Waals surface area contributed by atoms with Crippen LogP contribution >= 0.6 is 0 Å². The fraction of sp³-hybridized carbons (Fsp3) is 0.375. The van der Waals surface area contributed by atoms with Gasteiger partial charge in [0, 0.05) is 11.8 Å². The number of anilines is 1. The van der Waals surface area contributed by atoms with Crippen molar-refractivity contribution in [3.8, 4) is 11.5 Å². The van der Waals surface area contributed by atoms with Gasteiger partial charge in [0.25, 0.3) is 0 Å². The van der Waals surface area contributed by atoms with E-state index in [1.165, 1.54) is 0 Å². The first-order valence-electron chi connectivity index (χ1n) is 7.40. The third kappa shape index (κ3) is 2.33. The lowest BCUT2D eigenvalue weighted by atomic mass is 9.82. The molecule has 7 nitrogen and oxygen atoms in total. The zero-order valence-corrected chi connectivity index (χ0v) is 12.1. The number of rotatable bonds is 3. The number of hydrogen-bond acceptors (Lipinski definition) is 5. The summed E-state index contributed by atoms with van der Waals surface area (Å²) in [7, 11) is 0. The van der Waals surface area contributed by atoms with Crippen molar-refractivity contribution in [2.75, 3.05) is 18.5 Å². The van der Waals surface area contributed by atoms with Crippen LogP contribution < -0.4 is 14.8 Å². The molecule has 1 aromatic rings. The summed E-state index contributed by atoms with van der Waals surface area (Å²) in [6.45, 7) is 0.949. The number of carbonyl (C=O) groups is 2. The highest BCUT2D eigenvalue weighted by Gasteiger charge is 2.53. The average molecular weight is 317 g/mol.